The SMILES string of the molecule is COc1ccc(-c2c(CO)nnn2-c2ccc(C)c(C)c2)cc1. The minimum atomic E-state index is -0.161. The third-order valence-electron chi connectivity index (χ3n) is 3.99. The first kappa shape index (κ1) is 15.2. The molecule has 0 atom stereocenters. The molecular formula is C18H19N3O2. The fraction of sp³-hybridized carbons (Fsp3) is 0.222. The number of hydrogen-bond acceptors (Lipinski definition) is 4. The first-order chi connectivity index (χ1) is 11.1. The summed E-state index contributed by atoms with van der Waals surface area (Å²) in [4.78, 5) is 0. The molecule has 5 nitrogen and oxygen atoms in total. The molecule has 5 heteroatoms. The van der Waals surface area contributed by atoms with E-state index in [9.17, 15) is 5.11 Å². The molecule has 23 heavy (non-hydrogen) atoms. The molecule has 0 saturated heterocycles. The van der Waals surface area contributed by atoms with Crippen LogP contribution in [0.25, 0.3) is 16.9 Å². The number of benzene rings is 2. The van der Waals surface area contributed by atoms with Gasteiger partial charge in [0.25, 0.3) is 0 Å². The first-order valence-electron chi connectivity index (χ1n) is 7.41. The molecule has 1 N–H and O–H groups in total. The molecule has 0 radical (unpaired) electrons. The van der Waals surface area contributed by atoms with E-state index < -0.39 is 0 Å². The molecule has 1 aromatic heterocycles. The summed E-state index contributed by atoms with van der Waals surface area (Å²) < 4.78 is 6.96. The molecule has 118 valence electrons. The van der Waals surface area contributed by atoms with Crippen molar-refractivity contribution in [2.75, 3.05) is 7.11 Å². The molecule has 0 amide bonds. The van der Waals surface area contributed by atoms with E-state index in [1.807, 2.05) is 30.3 Å². The number of rotatable bonds is 4. The highest BCUT2D eigenvalue weighted by Gasteiger charge is 2.16. The van der Waals surface area contributed by atoms with Crippen molar-refractivity contribution in [3.63, 3.8) is 0 Å². The Kier molecular flexibility index (Phi) is 4.12. The van der Waals surface area contributed by atoms with Crippen molar-refractivity contribution in [2.45, 2.75) is 20.5 Å². The third-order valence-corrected chi connectivity index (χ3v) is 3.99. The van der Waals surface area contributed by atoms with E-state index in [0.717, 1.165) is 22.7 Å². The lowest BCUT2D eigenvalue weighted by Crippen LogP contribution is -2.01. The van der Waals surface area contributed by atoms with Crippen LogP contribution >= 0.6 is 0 Å². The van der Waals surface area contributed by atoms with Crippen LogP contribution in [-0.4, -0.2) is 27.2 Å². The zero-order valence-corrected chi connectivity index (χ0v) is 13.4. The maximum absolute atomic E-state index is 9.60. The van der Waals surface area contributed by atoms with Crippen LogP contribution in [0.15, 0.2) is 42.5 Å². The van der Waals surface area contributed by atoms with Crippen molar-refractivity contribution >= 4 is 0 Å². The normalized spacial score (nSPS) is 10.8. The molecule has 0 aliphatic heterocycles. The van der Waals surface area contributed by atoms with Gasteiger partial charge < -0.3 is 9.84 Å². The number of aliphatic hydroxyl groups is 1. The van der Waals surface area contributed by atoms with Gasteiger partial charge in [-0.1, -0.05) is 11.3 Å². The molecule has 0 aliphatic carbocycles. The predicted octanol–water partition coefficient (Wildman–Crippen LogP) is 3.05. The maximum atomic E-state index is 9.60. The highest BCUT2D eigenvalue weighted by Crippen LogP contribution is 2.27. The van der Waals surface area contributed by atoms with E-state index in [1.165, 1.54) is 11.1 Å². The number of methoxy groups -OCH3 is 1. The van der Waals surface area contributed by atoms with Crippen molar-refractivity contribution < 1.29 is 9.84 Å². The highest BCUT2D eigenvalue weighted by molar-refractivity contribution is 5.65. The smallest absolute Gasteiger partial charge is 0.118 e. The molecule has 0 bridgehead atoms. The van der Waals surface area contributed by atoms with Gasteiger partial charge in [-0.2, -0.15) is 0 Å². The van der Waals surface area contributed by atoms with Crippen molar-refractivity contribution in [1.82, 2.24) is 15.0 Å². The van der Waals surface area contributed by atoms with Crippen LogP contribution < -0.4 is 4.74 Å². The number of aliphatic hydroxyl groups excluding tert-OH is 1. The molecule has 2 aromatic carbocycles. The van der Waals surface area contributed by atoms with Crippen molar-refractivity contribution in [3.8, 4) is 22.7 Å². The van der Waals surface area contributed by atoms with Crippen LogP contribution in [0.3, 0.4) is 0 Å². The molecule has 1 heterocycles. The Hall–Kier alpha value is -2.66. The molecule has 0 unspecified atom stereocenters. The lowest BCUT2D eigenvalue weighted by atomic mass is 10.1. The van der Waals surface area contributed by atoms with E-state index in [4.69, 9.17) is 4.74 Å². The van der Waals surface area contributed by atoms with Crippen LogP contribution in [0.5, 0.6) is 5.75 Å². The van der Waals surface area contributed by atoms with Gasteiger partial charge in [0.1, 0.15) is 17.1 Å². The molecular weight excluding hydrogens is 290 g/mol. The number of hydrogen-bond donors (Lipinski definition) is 1. The number of nitrogens with zero attached hydrogens (tertiary/aromatic N) is 3. The maximum Gasteiger partial charge on any atom is 0.118 e. The molecule has 3 aromatic rings. The fourth-order valence-corrected chi connectivity index (χ4v) is 2.50. The van der Waals surface area contributed by atoms with Crippen LogP contribution in [-0.2, 0) is 6.61 Å². The average Bonchev–Trinajstić information content (AvgIpc) is 3.01. The Morgan fingerprint density at radius 1 is 1.04 bits per heavy atom. The first-order valence-corrected chi connectivity index (χ1v) is 7.41. The Morgan fingerprint density at radius 3 is 2.39 bits per heavy atom. The summed E-state index contributed by atoms with van der Waals surface area (Å²) in [6.45, 7) is 3.98. The van der Waals surface area contributed by atoms with Gasteiger partial charge in [0, 0.05) is 5.56 Å². The number of ether oxygens (including phenoxy) is 1. The Morgan fingerprint density at radius 2 is 1.78 bits per heavy atom. The van der Waals surface area contributed by atoms with Gasteiger partial charge in [-0.15, -0.1) is 5.10 Å². The van der Waals surface area contributed by atoms with E-state index in [1.54, 1.807) is 11.8 Å². The Labute approximate surface area is 135 Å². The number of aromatic nitrogens is 3. The van der Waals surface area contributed by atoms with Crippen LogP contribution in [0.2, 0.25) is 0 Å². The molecule has 3 rings (SSSR count). The second kappa shape index (κ2) is 6.22. The lowest BCUT2D eigenvalue weighted by Gasteiger charge is -2.10. The van der Waals surface area contributed by atoms with Gasteiger partial charge in [-0.25, -0.2) is 4.68 Å². The predicted molar refractivity (Wildman–Crippen MR) is 88.7 cm³/mol. The van der Waals surface area contributed by atoms with Gasteiger partial charge in [-0.05, 0) is 61.4 Å². The van der Waals surface area contributed by atoms with E-state index in [-0.39, 0.29) is 6.61 Å². The van der Waals surface area contributed by atoms with E-state index >= 15 is 0 Å². The highest BCUT2D eigenvalue weighted by atomic mass is 16.5. The third kappa shape index (κ3) is 2.83. The summed E-state index contributed by atoms with van der Waals surface area (Å²) in [7, 11) is 1.63. The second-order valence-corrected chi connectivity index (χ2v) is 5.45. The van der Waals surface area contributed by atoms with Crippen LogP contribution in [0.4, 0.5) is 0 Å². The topological polar surface area (TPSA) is 60.2 Å². The standard InChI is InChI=1S/C18H19N3O2/c1-12-4-7-15(10-13(12)2)21-18(17(11-22)19-20-21)14-5-8-16(23-3)9-6-14/h4-10,22H,11H2,1-3H3. The largest absolute Gasteiger partial charge is 0.497 e. The summed E-state index contributed by atoms with van der Waals surface area (Å²) in [6, 6.07) is 13.8. The van der Waals surface area contributed by atoms with Crippen molar-refractivity contribution in [3.05, 3.63) is 59.3 Å². The zero-order valence-electron chi connectivity index (χ0n) is 13.4. The summed E-state index contributed by atoms with van der Waals surface area (Å²) >= 11 is 0. The Balaban J connectivity index is 2.14. The van der Waals surface area contributed by atoms with Crippen molar-refractivity contribution in [2.24, 2.45) is 0 Å². The van der Waals surface area contributed by atoms with Gasteiger partial charge >= 0.3 is 0 Å². The van der Waals surface area contributed by atoms with Gasteiger partial charge in [0.2, 0.25) is 0 Å². The summed E-state index contributed by atoms with van der Waals surface area (Å²) in [6.07, 6.45) is 0. The van der Waals surface area contributed by atoms with Gasteiger partial charge in [-0.3, -0.25) is 0 Å². The van der Waals surface area contributed by atoms with E-state index in [0.29, 0.717) is 5.69 Å². The molecule has 0 spiro atoms. The monoisotopic (exact) mass is 309 g/mol. The molecule has 0 aliphatic rings. The van der Waals surface area contributed by atoms with Crippen LogP contribution in [0, 0.1) is 13.8 Å². The van der Waals surface area contributed by atoms with Gasteiger partial charge in [0.05, 0.1) is 19.4 Å². The minimum absolute atomic E-state index is 0.161. The molecule has 0 saturated carbocycles. The van der Waals surface area contributed by atoms with E-state index in [2.05, 4.69) is 36.3 Å². The number of aryl methyl sites for hydroxylation is 2. The quantitative estimate of drug-likeness (QED) is 0.804. The van der Waals surface area contributed by atoms with Crippen LogP contribution in [0.1, 0.15) is 16.8 Å². The second-order valence-electron chi connectivity index (χ2n) is 5.45. The lowest BCUT2D eigenvalue weighted by molar-refractivity contribution is 0.277. The Bertz CT molecular complexity index is 823. The summed E-state index contributed by atoms with van der Waals surface area (Å²) in [5.41, 5.74) is 5.60. The minimum Gasteiger partial charge on any atom is -0.497 e. The fourth-order valence-electron chi connectivity index (χ4n) is 2.50. The summed E-state index contributed by atoms with van der Waals surface area (Å²) in [5, 5.41) is 17.9. The molecule has 0 fully saturated rings. The van der Waals surface area contributed by atoms with Crippen molar-refractivity contribution in [1.29, 1.82) is 0 Å². The average molecular weight is 309 g/mol. The van der Waals surface area contributed by atoms with Gasteiger partial charge in [0.15, 0.2) is 0 Å². The zero-order chi connectivity index (χ0) is 16.4. The summed E-state index contributed by atoms with van der Waals surface area (Å²) in [5.74, 6) is 0.782.